The Morgan fingerprint density at radius 2 is 2.12 bits per heavy atom. The molecule has 4 N–H and O–H groups in total. The van der Waals surface area contributed by atoms with E-state index in [1.54, 1.807) is 0 Å². The first-order chi connectivity index (χ1) is 8.38. The molecule has 0 amide bonds. The average Bonchev–Trinajstić information content (AvgIpc) is 3.18. The van der Waals surface area contributed by atoms with Crippen molar-refractivity contribution in [3.63, 3.8) is 0 Å². The molecule has 2 rings (SSSR count). The maximum absolute atomic E-state index is 5.40. The quantitative estimate of drug-likeness (QED) is 0.195. The Kier molecular flexibility index (Phi) is 5.03. The molecule has 6 nitrogen and oxygen atoms in total. The molecule has 1 saturated heterocycles. The van der Waals surface area contributed by atoms with Crippen molar-refractivity contribution < 1.29 is 4.74 Å². The molecule has 0 aromatic carbocycles. The zero-order chi connectivity index (χ0) is 11.9. The van der Waals surface area contributed by atoms with Crippen molar-refractivity contribution in [2.75, 3.05) is 39.4 Å². The molecule has 1 aliphatic carbocycles. The van der Waals surface area contributed by atoms with Crippen LogP contribution in [0.2, 0.25) is 0 Å². The molecule has 0 bridgehead atoms. The Labute approximate surface area is 103 Å². The lowest BCUT2D eigenvalue weighted by Gasteiger charge is -2.26. The van der Waals surface area contributed by atoms with E-state index in [1.807, 2.05) is 0 Å². The van der Waals surface area contributed by atoms with Crippen LogP contribution in [-0.2, 0) is 4.74 Å². The predicted molar refractivity (Wildman–Crippen MR) is 67.7 cm³/mol. The molecule has 0 aromatic rings. The Morgan fingerprint density at radius 1 is 1.35 bits per heavy atom. The van der Waals surface area contributed by atoms with E-state index in [-0.39, 0.29) is 0 Å². The number of morpholine rings is 1. The van der Waals surface area contributed by atoms with Gasteiger partial charge in [-0.15, -0.1) is 0 Å². The summed E-state index contributed by atoms with van der Waals surface area (Å²) in [5.41, 5.74) is 2.62. The topological polar surface area (TPSA) is 74.9 Å². The third kappa shape index (κ3) is 4.89. The minimum atomic E-state index is 0.587. The summed E-state index contributed by atoms with van der Waals surface area (Å²) in [6.45, 7) is 5.73. The van der Waals surface area contributed by atoms with Crippen LogP contribution in [-0.4, -0.2) is 56.3 Å². The summed E-state index contributed by atoms with van der Waals surface area (Å²) in [6, 6.07) is 0.587. The van der Waals surface area contributed by atoms with Crippen LogP contribution in [0.15, 0.2) is 4.99 Å². The number of nitrogens with zero attached hydrogens (tertiary/aromatic N) is 2. The molecule has 0 radical (unpaired) electrons. The first-order valence-corrected chi connectivity index (χ1v) is 6.46. The van der Waals surface area contributed by atoms with Crippen molar-refractivity contribution in [2.45, 2.75) is 25.3 Å². The lowest BCUT2D eigenvalue weighted by Crippen LogP contribution is -2.42. The first-order valence-electron chi connectivity index (χ1n) is 6.46. The maximum atomic E-state index is 5.40. The highest BCUT2D eigenvalue weighted by Gasteiger charge is 2.21. The number of aliphatic imine (C=N–C) groups is 1. The fourth-order valence-corrected chi connectivity index (χ4v) is 1.86. The number of hydrazine groups is 1. The summed E-state index contributed by atoms with van der Waals surface area (Å²) in [5.74, 6) is 6.13. The smallest absolute Gasteiger partial charge is 0.205 e. The second-order valence-electron chi connectivity index (χ2n) is 4.60. The summed E-state index contributed by atoms with van der Waals surface area (Å²) in [7, 11) is 0. The van der Waals surface area contributed by atoms with Gasteiger partial charge in [-0.3, -0.25) is 15.3 Å². The average molecular weight is 241 g/mol. The van der Waals surface area contributed by atoms with Crippen molar-refractivity contribution in [1.82, 2.24) is 15.6 Å². The number of rotatable bonds is 5. The second-order valence-corrected chi connectivity index (χ2v) is 4.60. The third-order valence-electron chi connectivity index (χ3n) is 3.06. The lowest BCUT2D eigenvalue weighted by molar-refractivity contribution is 0.0377. The van der Waals surface area contributed by atoms with Gasteiger partial charge in [-0.05, 0) is 19.3 Å². The van der Waals surface area contributed by atoms with Crippen LogP contribution in [0.5, 0.6) is 0 Å². The van der Waals surface area contributed by atoms with Gasteiger partial charge < -0.3 is 10.1 Å². The molecular formula is C11H23N5O. The highest BCUT2D eigenvalue weighted by Crippen LogP contribution is 2.18. The van der Waals surface area contributed by atoms with Gasteiger partial charge in [0.1, 0.15) is 0 Å². The van der Waals surface area contributed by atoms with Gasteiger partial charge in [-0.2, -0.15) is 0 Å². The van der Waals surface area contributed by atoms with Gasteiger partial charge >= 0.3 is 0 Å². The molecule has 98 valence electrons. The molecule has 0 unspecified atom stereocenters. The Morgan fingerprint density at radius 3 is 2.76 bits per heavy atom. The highest BCUT2D eigenvalue weighted by atomic mass is 16.5. The van der Waals surface area contributed by atoms with E-state index < -0.39 is 0 Å². The SMILES string of the molecule is NNC(=NCCCN1CCOCC1)NC1CC1. The van der Waals surface area contributed by atoms with E-state index in [2.05, 4.69) is 20.6 Å². The van der Waals surface area contributed by atoms with Gasteiger partial charge in [0.05, 0.1) is 13.2 Å². The lowest BCUT2D eigenvalue weighted by atomic mass is 10.3. The van der Waals surface area contributed by atoms with Crippen LogP contribution >= 0.6 is 0 Å². The van der Waals surface area contributed by atoms with Gasteiger partial charge in [0.25, 0.3) is 0 Å². The molecule has 2 fully saturated rings. The van der Waals surface area contributed by atoms with Crippen molar-refractivity contribution >= 4 is 5.96 Å². The van der Waals surface area contributed by atoms with E-state index in [0.29, 0.717) is 6.04 Å². The summed E-state index contributed by atoms with van der Waals surface area (Å²) < 4.78 is 5.31. The van der Waals surface area contributed by atoms with E-state index >= 15 is 0 Å². The van der Waals surface area contributed by atoms with E-state index in [0.717, 1.165) is 51.8 Å². The molecule has 6 heteroatoms. The zero-order valence-electron chi connectivity index (χ0n) is 10.3. The van der Waals surface area contributed by atoms with E-state index in [1.165, 1.54) is 12.8 Å². The minimum absolute atomic E-state index is 0.587. The van der Waals surface area contributed by atoms with Crippen LogP contribution in [0, 0.1) is 0 Å². The van der Waals surface area contributed by atoms with Gasteiger partial charge in [0, 0.05) is 32.2 Å². The minimum Gasteiger partial charge on any atom is -0.379 e. The summed E-state index contributed by atoms with van der Waals surface area (Å²) in [5, 5.41) is 3.26. The van der Waals surface area contributed by atoms with Crippen LogP contribution in [0.3, 0.4) is 0 Å². The van der Waals surface area contributed by atoms with E-state index in [4.69, 9.17) is 10.6 Å². The van der Waals surface area contributed by atoms with Gasteiger partial charge in [-0.1, -0.05) is 0 Å². The molecule has 1 saturated carbocycles. The maximum Gasteiger partial charge on any atom is 0.205 e. The molecule has 0 spiro atoms. The molecule has 2 aliphatic rings. The molecule has 1 heterocycles. The molecule has 0 atom stereocenters. The second kappa shape index (κ2) is 6.78. The highest BCUT2D eigenvalue weighted by molar-refractivity contribution is 5.79. The third-order valence-corrected chi connectivity index (χ3v) is 3.06. The molecule has 1 aliphatic heterocycles. The number of nitrogens with two attached hydrogens (primary N) is 1. The standard InChI is InChI=1S/C11H23N5O/c12-15-11(14-10-2-3-10)13-4-1-5-16-6-8-17-9-7-16/h10H,1-9,12H2,(H2,13,14,15). The number of hydrogen-bond acceptors (Lipinski definition) is 4. The van der Waals surface area contributed by atoms with Gasteiger partial charge in [0.2, 0.25) is 5.96 Å². The Bertz CT molecular complexity index is 248. The van der Waals surface area contributed by atoms with E-state index in [9.17, 15) is 0 Å². The van der Waals surface area contributed by atoms with Crippen molar-refractivity contribution in [3.8, 4) is 0 Å². The van der Waals surface area contributed by atoms with Crippen molar-refractivity contribution in [2.24, 2.45) is 10.8 Å². The largest absolute Gasteiger partial charge is 0.379 e. The van der Waals surface area contributed by atoms with Crippen LogP contribution in [0.1, 0.15) is 19.3 Å². The summed E-state index contributed by atoms with van der Waals surface area (Å²) in [6.07, 6.45) is 3.53. The number of ether oxygens (including phenoxy) is 1. The summed E-state index contributed by atoms with van der Waals surface area (Å²) >= 11 is 0. The monoisotopic (exact) mass is 241 g/mol. The van der Waals surface area contributed by atoms with Crippen LogP contribution in [0.4, 0.5) is 0 Å². The first kappa shape index (κ1) is 12.6. The van der Waals surface area contributed by atoms with Crippen molar-refractivity contribution in [3.05, 3.63) is 0 Å². The van der Waals surface area contributed by atoms with Gasteiger partial charge in [0.15, 0.2) is 0 Å². The Balaban J connectivity index is 1.57. The van der Waals surface area contributed by atoms with Crippen molar-refractivity contribution in [1.29, 1.82) is 0 Å². The fourth-order valence-electron chi connectivity index (χ4n) is 1.86. The molecule has 17 heavy (non-hydrogen) atoms. The fraction of sp³-hybridized carbons (Fsp3) is 0.909. The summed E-state index contributed by atoms with van der Waals surface area (Å²) in [4.78, 5) is 6.84. The Hall–Kier alpha value is -0.850. The molecule has 0 aromatic heterocycles. The van der Waals surface area contributed by atoms with Gasteiger partial charge in [-0.25, -0.2) is 5.84 Å². The number of nitrogens with one attached hydrogen (secondary N) is 2. The zero-order valence-corrected chi connectivity index (χ0v) is 10.3. The van der Waals surface area contributed by atoms with Crippen LogP contribution in [0.25, 0.3) is 0 Å². The number of guanidine groups is 1. The predicted octanol–water partition coefficient (Wildman–Crippen LogP) is -0.720. The van der Waals surface area contributed by atoms with Crippen LogP contribution < -0.4 is 16.6 Å². The normalized spacial score (nSPS) is 22.5. The number of hydrogen-bond donors (Lipinski definition) is 3. The molecular weight excluding hydrogens is 218 g/mol.